The molecule has 0 saturated heterocycles. The molecule has 1 amide bonds. The number of hydrogen-bond acceptors (Lipinski definition) is 4. The van der Waals surface area contributed by atoms with Crippen molar-refractivity contribution in [3.8, 4) is 5.75 Å². The highest BCUT2D eigenvalue weighted by Crippen LogP contribution is 2.20. The number of sulfonamides is 1. The summed E-state index contributed by atoms with van der Waals surface area (Å²) >= 11 is 0. The maximum absolute atomic E-state index is 13.9. The molecule has 8 heteroatoms. The smallest absolute Gasteiger partial charge is 0.240 e. The number of carbonyl (C=O) groups excluding carboxylic acids is 1. The normalized spacial score (nSPS) is 12.2. The summed E-state index contributed by atoms with van der Waals surface area (Å²) in [5, 5.41) is 2.95. The van der Waals surface area contributed by atoms with Crippen LogP contribution in [0.4, 0.5) is 4.39 Å². The number of para-hydroxylation sites is 1. The van der Waals surface area contributed by atoms with Crippen molar-refractivity contribution in [2.45, 2.75) is 23.8 Å². The molecule has 0 radical (unpaired) electrons. The van der Waals surface area contributed by atoms with E-state index in [2.05, 4.69) is 10.0 Å². The summed E-state index contributed by atoms with van der Waals surface area (Å²) in [4.78, 5) is 12.8. The highest BCUT2D eigenvalue weighted by molar-refractivity contribution is 7.89. The van der Waals surface area contributed by atoms with Gasteiger partial charge in [-0.3, -0.25) is 4.79 Å². The molecule has 0 aliphatic heterocycles. The van der Waals surface area contributed by atoms with Gasteiger partial charge in [-0.05, 0) is 48.9 Å². The van der Waals surface area contributed by atoms with Crippen LogP contribution >= 0.6 is 0 Å². The number of rotatable bonds is 10. The van der Waals surface area contributed by atoms with Crippen molar-refractivity contribution in [1.29, 1.82) is 0 Å². The number of hydrogen-bond donors (Lipinski definition) is 2. The molecule has 3 rings (SSSR count). The molecule has 0 aliphatic rings. The maximum atomic E-state index is 13.9. The number of amides is 1. The first-order valence-electron chi connectivity index (χ1n) is 10.1. The molecule has 32 heavy (non-hydrogen) atoms. The lowest BCUT2D eigenvalue weighted by atomic mass is 10.1. The molecule has 2 N–H and O–H groups in total. The van der Waals surface area contributed by atoms with Gasteiger partial charge >= 0.3 is 0 Å². The van der Waals surface area contributed by atoms with Crippen molar-refractivity contribution in [1.82, 2.24) is 10.0 Å². The van der Waals surface area contributed by atoms with E-state index in [1.54, 1.807) is 24.3 Å². The van der Waals surface area contributed by atoms with E-state index in [1.165, 1.54) is 31.3 Å². The second-order valence-corrected chi connectivity index (χ2v) is 9.01. The zero-order valence-electron chi connectivity index (χ0n) is 17.6. The van der Waals surface area contributed by atoms with Gasteiger partial charge in [0, 0.05) is 6.42 Å². The van der Waals surface area contributed by atoms with Gasteiger partial charge in [0.25, 0.3) is 0 Å². The van der Waals surface area contributed by atoms with E-state index in [-0.39, 0.29) is 29.6 Å². The van der Waals surface area contributed by atoms with Gasteiger partial charge in [0.1, 0.15) is 6.61 Å². The van der Waals surface area contributed by atoms with Crippen LogP contribution in [0.1, 0.15) is 23.6 Å². The van der Waals surface area contributed by atoms with Crippen molar-refractivity contribution in [3.05, 3.63) is 95.8 Å². The largest absolute Gasteiger partial charge is 0.488 e. The molecular weight excluding hydrogens is 431 g/mol. The number of benzene rings is 3. The third-order valence-electron chi connectivity index (χ3n) is 4.92. The van der Waals surface area contributed by atoms with E-state index >= 15 is 0 Å². The van der Waals surface area contributed by atoms with Crippen molar-refractivity contribution in [3.63, 3.8) is 0 Å². The first-order valence-corrected chi connectivity index (χ1v) is 11.6. The Labute approximate surface area is 187 Å². The van der Waals surface area contributed by atoms with Gasteiger partial charge in [-0.2, -0.15) is 0 Å². The Bertz CT molecular complexity index is 1140. The van der Waals surface area contributed by atoms with Crippen LogP contribution in [0.15, 0.2) is 83.8 Å². The lowest BCUT2D eigenvalue weighted by Crippen LogP contribution is -2.32. The van der Waals surface area contributed by atoms with E-state index in [4.69, 9.17) is 4.74 Å². The number of halogens is 1. The lowest BCUT2D eigenvalue weighted by molar-refractivity contribution is -0.122. The van der Waals surface area contributed by atoms with Gasteiger partial charge in [0.2, 0.25) is 15.9 Å². The second kappa shape index (κ2) is 10.9. The zero-order valence-corrected chi connectivity index (χ0v) is 18.4. The molecule has 3 aromatic carbocycles. The minimum Gasteiger partial charge on any atom is -0.488 e. The van der Waals surface area contributed by atoms with Gasteiger partial charge in [-0.15, -0.1) is 0 Å². The molecule has 0 saturated carbocycles. The second-order valence-electron chi connectivity index (χ2n) is 7.12. The maximum Gasteiger partial charge on any atom is 0.240 e. The molecule has 0 heterocycles. The first-order chi connectivity index (χ1) is 15.4. The number of carbonyl (C=O) groups is 1. The van der Waals surface area contributed by atoms with Gasteiger partial charge in [0.05, 0.1) is 10.9 Å². The molecule has 3 aromatic rings. The Balaban J connectivity index is 1.62. The van der Waals surface area contributed by atoms with E-state index in [9.17, 15) is 17.6 Å². The summed E-state index contributed by atoms with van der Waals surface area (Å²) in [6, 6.07) is 21.4. The minimum absolute atomic E-state index is 0.0766. The average molecular weight is 457 g/mol. The van der Waals surface area contributed by atoms with Gasteiger partial charge in [-0.25, -0.2) is 17.5 Å². The average Bonchev–Trinajstić information content (AvgIpc) is 2.82. The molecule has 0 aromatic heterocycles. The molecule has 1 unspecified atom stereocenters. The third-order valence-corrected chi connectivity index (χ3v) is 6.35. The van der Waals surface area contributed by atoms with E-state index in [0.29, 0.717) is 6.42 Å². The third kappa shape index (κ3) is 6.38. The first kappa shape index (κ1) is 23.4. The fourth-order valence-electron chi connectivity index (χ4n) is 3.12. The predicted octanol–water partition coefficient (Wildman–Crippen LogP) is 3.60. The standard InChI is InChI=1S/C24H25FN2O4S/c1-26-32(29,30)20-14-11-18(12-15-20)13-16-24(28)27-22(19-7-3-2-4-8-19)17-31-23-10-6-5-9-21(23)25/h2-12,14-15,22,26H,13,16-17H2,1H3,(H,27,28). The minimum atomic E-state index is -3.49. The molecule has 0 fully saturated rings. The summed E-state index contributed by atoms with van der Waals surface area (Å²) in [6.45, 7) is 0.0766. The van der Waals surface area contributed by atoms with E-state index in [1.807, 2.05) is 30.3 Å². The van der Waals surface area contributed by atoms with Crippen LogP contribution in [0.5, 0.6) is 5.75 Å². The Morgan fingerprint density at radius 1 is 0.969 bits per heavy atom. The zero-order chi connectivity index (χ0) is 23.0. The Kier molecular flexibility index (Phi) is 7.97. The molecule has 168 valence electrons. The quantitative estimate of drug-likeness (QED) is 0.488. The molecular formula is C24H25FN2O4S. The van der Waals surface area contributed by atoms with E-state index < -0.39 is 21.9 Å². The Morgan fingerprint density at radius 3 is 2.28 bits per heavy atom. The highest BCUT2D eigenvalue weighted by Gasteiger charge is 2.17. The number of aryl methyl sites for hydroxylation is 1. The summed E-state index contributed by atoms with van der Waals surface area (Å²) in [5.41, 5.74) is 1.69. The summed E-state index contributed by atoms with van der Waals surface area (Å²) < 4.78 is 45.4. The van der Waals surface area contributed by atoms with E-state index in [0.717, 1.165) is 11.1 Å². The van der Waals surface area contributed by atoms with Crippen LogP contribution in [-0.4, -0.2) is 28.0 Å². The highest BCUT2D eigenvalue weighted by atomic mass is 32.2. The van der Waals surface area contributed by atoms with Crippen molar-refractivity contribution >= 4 is 15.9 Å². The van der Waals surface area contributed by atoms with Crippen LogP contribution in [0, 0.1) is 5.82 Å². The van der Waals surface area contributed by atoms with Crippen LogP contribution < -0.4 is 14.8 Å². The Morgan fingerprint density at radius 2 is 1.62 bits per heavy atom. The molecule has 0 aliphatic carbocycles. The number of nitrogens with one attached hydrogen (secondary N) is 2. The van der Waals surface area contributed by atoms with Crippen LogP contribution in [0.3, 0.4) is 0 Å². The monoisotopic (exact) mass is 456 g/mol. The fourth-order valence-corrected chi connectivity index (χ4v) is 3.85. The predicted molar refractivity (Wildman–Crippen MR) is 120 cm³/mol. The molecule has 1 atom stereocenters. The number of ether oxygens (including phenoxy) is 1. The molecule has 6 nitrogen and oxygen atoms in total. The van der Waals surface area contributed by atoms with Crippen LogP contribution in [0.25, 0.3) is 0 Å². The van der Waals surface area contributed by atoms with Crippen molar-refractivity contribution in [2.24, 2.45) is 0 Å². The Hall–Kier alpha value is -3.23. The molecule has 0 spiro atoms. The summed E-state index contributed by atoms with van der Waals surface area (Å²) in [7, 11) is -2.14. The fraction of sp³-hybridized carbons (Fsp3) is 0.208. The van der Waals surface area contributed by atoms with Crippen molar-refractivity contribution < 1.29 is 22.3 Å². The molecule has 0 bridgehead atoms. The van der Waals surface area contributed by atoms with Crippen LogP contribution in [-0.2, 0) is 21.2 Å². The van der Waals surface area contributed by atoms with Gasteiger partial charge < -0.3 is 10.1 Å². The van der Waals surface area contributed by atoms with Crippen LogP contribution in [0.2, 0.25) is 0 Å². The van der Waals surface area contributed by atoms with Crippen molar-refractivity contribution in [2.75, 3.05) is 13.7 Å². The topological polar surface area (TPSA) is 84.5 Å². The SMILES string of the molecule is CNS(=O)(=O)c1ccc(CCC(=O)NC(COc2ccccc2F)c2ccccc2)cc1. The lowest BCUT2D eigenvalue weighted by Gasteiger charge is -2.20. The summed E-state index contributed by atoms with van der Waals surface area (Å²) in [5.74, 6) is -0.531. The van der Waals surface area contributed by atoms with Gasteiger partial charge in [-0.1, -0.05) is 54.6 Å². The summed E-state index contributed by atoms with van der Waals surface area (Å²) in [6.07, 6.45) is 0.655. The van der Waals surface area contributed by atoms with Gasteiger partial charge in [0.15, 0.2) is 11.6 Å².